The first kappa shape index (κ1) is 22.0. The Morgan fingerprint density at radius 1 is 0.750 bits per heavy atom. The van der Waals surface area contributed by atoms with Crippen molar-refractivity contribution in [1.82, 2.24) is 0 Å². The summed E-state index contributed by atoms with van der Waals surface area (Å²) in [6.07, 6.45) is 2.23. The zero-order valence-electron chi connectivity index (χ0n) is 18.1. The Morgan fingerprint density at radius 3 is 1.43 bits per heavy atom. The number of rotatable bonds is 8. The van der Waals surface area contributed by atoms with E-state index in [0.717, 1.165) is 33.4 Å². The standard InChI is InChI=1S/C25H34O3/c1-15(2)22-13-9-19(17(5)24(22)27)7-11-21(26)12-8-20-10-14-23(16(3)4)25(28)18(20)6/h9-10,13-16,27-28H,7-8,11-12H2,1-6H3. The Balaban J connectivity index is 1.97. The van der Waals surface area contributed by atoms with Crippen molar-refractivity contribution < 1.29 is 15.0 Å². The van der Waals surface area contributed by atoms with Crippen molar-refractivity contribution in [2.45, 2.75) is 79.1 Å². The fourth-order valence-electron chi connectivity index (χ4n) is 3.67. The second kappa shape index (κ2) is 9.27. The molecule has 0 heterocycles. The lowest BCUT2D eigenvalue weighted by Gasteiger charge is -2.15. The van der Waals surface area contributed by atoms with Crippen LogP contribution in [0.5, 0.6) is 11.5 Å². The average molecular weight is 383 g/mol. The summed E-state index contributed by atoms with van der Waals surface area (Å²) < 4.78 is 0. The third-order valence-corrected chi connectivity index (χ3v) is 5.74. The summed E-state index contributed by atoms with van der Waals surface area (Å²) in [4.78, 5) is 12.4. The first-order valence-electron chi connectivity index (χ1n) is 10.3. The van der Waals surface area contributed by atoms with Gasteiger partial charge >= 0.3 is 0 Å². The van der Waals surface area contributed by atoms with Crippen LogP contribution in [0.15, 0.2) is 24.3 Å². The van der Waals surface area contributed by atoms with Gasteiger partial charge < -0.3 is 10.2 Å². The van der Waals surface area contributed by atoms with Gasteiger partial charge in [-0.1, -0.05) is 52.0 Å². The largest absolute Gasteiger partial charge is 0.507 e. The first-order chi connectivity index (χ1) is 13.1. The Morgan fingerprint density at radius 2 is 1.11 bits per heavy atom. The molecule has 0 saturated carbocycles. The molecule has 3 nitrogen and oxygen atoms in total. The first-order valence-corrected chi connectivity index (χ1v) is 10.3. The Bertz CT molecular complexity index is 778. The number of carbonyl (C=O) groups excluding carboxylic acids is 1. The second-order valence-corrected chi connectivity index (χ2v) is 8.42. The van der Waals surface area contributed by atoms with Gasteiger partial charge in [0.2, 0.25) is 0 Å². The van der Waals surface area contributed by atoms with E-state index in [0.29, 0.717) is 37.2 Å². The number of aryl methyl sites for hydroxylation is 2. The van der Waals surface area contributed by atoms with Crippen LogP contribution in [0.4, 0.5) is 0 Å². The lowest BCUT2D eigenvalue weighted by atomic mass is 9.92. The quantitative estimate of drug-likeness (QED) is 0.580. The number of benzene rings is 2. The highest BCUT2D eigenvalue weighted by atomic mass is 16.3. The smallest absolute Gasteiger partial charge is 0.133 e. The van der Waals surface area contributed by atoms with Gasteiger partial charge in [0.25, 0.3) is 0 Å². The van der Waals surface area contributed by atoms with E-state index in [-0.39, 0.29) is 17.6 Å². The summed E-state index contributed by atoms with van der Waals surface area (Å²) in [7, 11) is 0. The van der Waals surface area contributed by atoms with Crippen molar-refractivity contribution in [1.29, 1.82) is 0 Å². The van der Waals surface area contributed by atoms with Gasteiger partial charge in [0.1, 0.15) is 17.3 Å². The van der Waals surface area contributed by atoms with Crippen LogP contribution in [-0.4, -0.2) is 16.0 Å². The summed E-state index contributed by atoms with van der Waals surface area (Å²) in [5.74, 6) is 1.47. The molecule has 0 fully saturated rings. The minimum absolute atomic E-state index is 0.207. The number of phenols is 2. The maximum Gasteiger partial charge on any atom is 0.133 e. The Kier molecular flexibility index (Phi) is 7.29. The monoisotopic (exact) mass is 382 g/mol. The summed E-state index contributed by atoms with van der Waals surface area (Å²) >= 11 is 0. The Labute approximate surface area is 169 Å². The summed E-state index contributed by atoms with van der Waals surface area (Å²) in [6, 6.07) is 8.00. The lowest BCUT2D eigenvalue weighted by Crippen LogP contribution is -2.05. The number of Topliss-reactive ketones (excluding diaryl/α,β-unsaturated/α-hetero) is 1. The van der Waals surface area contributed by atoms with Crippen molar-refractivity contribution in [3.63, 3.8) is 0 Å². The van der Waals surface area contributed by atoms with E-state index in [9.17, 15) is 15.0 Å². The van der Waals surface area contributed by atoms with Crippen molar-refractivity contribution in [2.75, 3.05) is 0 Å². The predicted molar refractivity (Wildman–Crippen MR) is 116 cm³/mol. The second-order valence-electron chi connectivity index (χ2n) is 8.42. The van der Waals surface area contributed by atoms with E-state index in [1.54, 1.807) is 0 Å². The van der Waals surface area contributed by atoms with Crippen LogP contribution >= 0.6 is 0 Å². The molecule has 3 heteroatoms. The minimum atomic E-state index is 0.207. The lowest BCUT2D eigenvalue weighted by molar-refractivity contribution is -0.119. The molecule has 0 saturated heterocycles. The maximum absolute atomic E-state index is 12.4. The van der Waals surface area contributed by atoms with E-state index in [1.807, 2.05) is 38.1 Å². The van der Waals surface area contributed by atoms with Gasteiger partial charge in [-0.25, -0.2) is 0 Å². The number of carbonyl (C=O) groups is 1. The van der Waals surface area contributed by atoms with E-state index >= 15 is 0 Å². The van der Waals surface area contributed by atoms with Gasteiger partial charge in [-0.3, -0.25) is 4.79 Å². The number of hydrogen-bond acceptors (Lipinski definition) is 3. The van der Waals surface area contributed by atoms with Crippen molar-refractivity contribution >= 4 is 5.78 Å². The Hall–Kier alpha value is -2.29. The summed E-state index contributed by atoms with van der Waals surface area (Å²) in [6.45, 7) is 12.1. The summed E-state index contributed by atoms with van der Waals surface area (Å²) in [5.41, 5.74) is 5.73. The third-order valence-electron chi connectivity index (χ3n) is 5.74. The molecule has 0 aliphatic carbocycles. The van der Waals surface area contributed by atoms with Gasteiger partial charge in [0.15, 0.2) is 0 Å². The fourth-order valence-corrected chi connectivity index (χ4v) is 3.67. The van der Waals surface area contributed by atoms with Crippen LogP contribution in [0.2, 0.25) is 0 Å². The summed E-state index contributed by atoms with van der Waals surface area (Å²) in [5, 5.41) is 20.8. The third kappa shape index (κ3) is 4.95. The van der Waals surface area contributed by atoms with Gasteiger partial charge in [-0.15, -0.1) is 0 Å². The molecule has 0 atom stereocenters. The number of hydrogen-bond donors (Lipinski definition) is 2. The van der Waals surface area contributed by atoms with Crippen LogP contribution in [0.1, 0.15) is 85.8 Å². The number of phenolic OH excluding ortho intramolecular Hbond substituents is 2. The zero-order valence-corrected chi connectivity index (χ0v) is 18.1. The highest BCUT2D eigenvalue weighted by Crippen LogP contribution is 2.32. The molecule has 0 amide bonds. The molecule has 0 spiro atoms. The van der Waals surface area contributed by atoms with E-state index in [4.69, 9.17) is 0 Å². The fraction of sp³-hybridized carbons (Fsp3) is 0.480. The molecule has 2 N–H and O–H groups in total. The number of ketones is 1. The molecule has 0 aliphatic rings. The molecular formula is C25H34O3. The van der Waals surface area contributed by atoms with Crippen LogP contribution in [0.25, 0.3) is 0 Å². The number of aromatic hydroxyl groups is 2. The van der Waals surface area contributed by atoms with Gasteiger partial charge in [0, 0.05) is 12.8 Å². The molecule has 0 aliphatic heterocycles. The van der Waals surface area contributed by atoms with Crippen molar-refractivity contribution in [3.8, 4) is 11.5 Å². The van der Waals surface area contributed by atoms with Crippen molar-refractivity contribution in [2.24, 2.45) is 0 Å². The molecule has 0 aromatic heterocycles. The molecule has 0 bridgehead atoms. The molecule has 2 aromatic carbocycles. The van der Waals surface area contributed by atoms with E-state index in [2.05, 4.69) is 27.7 Å². The van der Waals surface area contributed by atoms with Crippen LogP contribution in [0, 0.1) is 13.8 Å². The predicted octanol–water partition coefficient (Wildman–Crippen LogP) is 6.10. The highest BCUT2D eigenvalue weighted by Gasteiger charge is 2.14. The SMILES string of the molecule is Cc1c(CCC(=O)CCc2ccc(C(C)C)c(O)c2C)ccc(C(C)C)c1O. The maximum atomic E-state index is 12.4. The normalized spacial score (nSPS) is 11.4. The molecular weight excluding hydrogens is 348 g/mol. The van der Waals surface area contributed by atoms with Crippen molar-refractivity contribution in [3.05, 3.63) is 57.6 Å². The van der Waals surface area contributed by atoms with E-state index < -0.39 is 0 Å². The average Bonchev–Trinajstić information content (AvgIpc) is 2.63. The topological polar surface area (TPSA) is 57.5 Å². The molecule has 28 heavy (non-hydrogen) atoms. The van der Waals surface area contributed by atoms with Gasteiger partial charge in [-0.05, 0) is 71.9 Å². The zero-order chi connectivity index (χ0) is 21.0. The van der Waals surface area contributed by atoms with E-state index in [1.165, 1.54) is 0 Å². The molecule has 2 aromatic rings. The van der Waals surface area contributed by atoms with Crippen LogP contribution in [-0.2, 0) is 17.6 Å². The highest BCUT2D eigenvalue weighted by molar-refractivity contribution is 5.79. The van der Waals surface area contributed by atoms with Crippen LogP contribution in [0.3, 0.4) is 0 Å². The van der Waals surface area contributed by atoms with Crippen LogP contribution < -0.4 is 0 Å². The van der Waals surface area contributed by atoms with Gasteiger partial charge in [-0.2, -0.15) is 0 Å². The minimum Gasteiger partial charge on any atom is -0.507 e. The molecule has 2 rings (SSSR count). The molecule has 152 valence electrons. The molecule has 0 unspecified atom stereocenters. The molecule has 0 radical (unpaired) electrons. The van der Waals surface area contributed by atoms with Gasteiger partial charge in [0.05, 0.1) is 0 Å².